The van der Waals surface area contributed by atoms with Crippen molar-refractivity contribution in [1.29, 1.82) is 0 Å². The molecule has 2 atom stereocenters. The first-order valence-electron chi connectivity index (χ1n) is 11.0. The second-order valence-corrected chi connectivity index (χ2v) is 7.55. The zero-order valence-corrected chi connectivity index (χ0v) is 17.6. The van der Waals surface area contributed by atoms with Gasteiger partial charge in [-0.25, -0.2) is 0 Å². The van der Waals surface area contributed by atoms with Crippen LogP contribution >= 0.6 is 0 Å². The van der Waals surface area contributed by atoms with Gasteiger partial charge in [0.25, 0.3) is 0 Å². The third kappa shape index (κ3) is 13.2. The van der Waals surface area contributed by atoms with Gasteiger partial charge >= 0.3 is 0 Å². The van der Waals surface area contributed by atoms with Crippen LogP contribution in [0.2, 0.25) is 0 Å². The minimum absolute atomic E-state index is 0.756. The minimum atomic E-state index is 0.756. The number of hydrogen-bond donors (Lipinski definition) is 0. The molecule has 0 saturated carbocycles. The van der Waals surface area contributed by atoms with E-state index in [0.717, 1.165) is 31.6 Å². The first kappa shape index (κ1) is 23.9. The summed E-state index contributed by atoms with van der Waals surface area (Å²) in [6, 6.07) is 0. The Morgan fingerprint density at radius 3 is 1.79 bits per heavy atom. The van der Waals surface area contributed by atoms with Gasteiger partial charge in [-0.2, -0.15) is 0 Å². The van der Waals surface area contributed by atoms with E-state index >= 15 is 0 Å². The number of ether oxygens (including phenoxy) is 1. The van der Waals surface area contributed by atoms with Crippen molar-refractivity contribution in [3.63, 3.8) is 0 Å². The van der Waals surface area contributed by atoms with Gasteiger partial charge in [0.15, 0.2) is 0 Å². The van der Waals surface area contributed by atoms with Crippen molar-refractivity contribution in [2.45, 2.75) is 98.8 Å². The lowest BCUT2D eigenvalue weighted by atomic mass is 9.88. The Morgan fingerprint density at radius 2 is 1.29 bits per heavy atom. The lowest BCUT2D eigenvalue weighted by Gasteiger charge is -2.24. The lowest BCUT2D eigenvalue weighted by molar-refractivity contribution is 0.0676. The molecule has 0 N–H and O–H groups in total. The third-order valence-corrected chi connectivity index (χ3v) is 5.35. The predicted octanol–water partition coefficient (Wildman–Crippen LogP) is 6.54. The lowest BCUT2D eigenvalue weighted by Crippen LogP contribution is -2.30. The third-order valence-electron chi connectivity index (χ3n) is 5.35. The maximum Gasteiger partial charge on any atom is 0.0593 e. The fourth-order valence-corrected chi connectivity index (χ4v) is 3.35. The summed E-state index contributed by atoms with van der Waals surface area (Å²) in [5, 5.41) is 0. The van der Waals surface area contributed by atoms with Crippen LogP contribution in [-0.4, -0.2) is 37.7 Å². The Kier molecular flexibility index (Phi) is 17.7. The maximum absolute atomic E-state index is 6.09. The quantitative estimate of drug-likeness (QED) is 0.262. The average Bonchev–Trinajstić information content (AvgIpc) is 2.61. The maximum atomic E-state index is 6.09. The van der Waals surface area contributed by atoms with E-state index in [1.165, 1.54) is 77.3 Å². The van der Waals surface area contributed by atoms with Crippen LogP contribution in [0.3, 0.4) is 0 Å². The molecule has 24 heavy (non-hydrogen) atoms. The van der Waals surface area contributed by atoms with Crippen molar-refractivity contribution in [3.05, 3.63) is 0 Å². The molecule has 0 rings (SSSR count). The van der Waals surface area contributed by atoms with Gasteiger partial charge in [0, 0.05) is 13.2 Å². The van der Waals surface area contributed by atoms with Crippen LogP contribution in [0.15, 0.2) is 0 Å². The van der Waals surface area contributed by atoms with Crippen molar-refractivity contribution in [2.75, 3.05) is 32.8 Å². The average molecular weight is 342 g/mol. The van der Waals surface area contributed by atoms with E-state index in [1.54, 1.807) is 0 Å². The van der Waals surface area contributed by atoms with Crippen LogP contribution in [0.25, 0.3) is 0 Å². The Bertz CT molecular complexity index is 236. The van der Waals surface area contributed by atoms with E-state index in [9.17, 15) is 0 Å². The number of rotatable bonds is 18. The van der Waals surface area contributed by atoms with Crippen LogP contribution in [0.5, 0.6) is 0 Å². The van der Waals surface area contributed by atoms with Crippen molar-refractivity contribution in [2.24, 2.45) is 11.8 Å². The van der Waals surface area contributed by atoms with Gasteiger partial charge in [-0.05, 0) is 44.2 Å². The van der Waals surface area contributed by atoms with Crippen LogP contribution in [-0.2, 0) is 4.74 Å². The van der Waals surface area contributed by atoms with E-state index < -0.39 is 0 Å². The second-order valence-electron chi connectivity index (χ2n) is 7.55. The van der Waals surface area contributed by atoms with Gasteiger partial charge in [0.2, 0.25) is 0 Å². The highest BCUT2D eigenvalue weighted by atomic mass is 16.5. The summed E-state index contributed by atoms with van der Waals surface area (Å²) in [5.41, 5.74) is 0. The molecule has 0 radical (unpaired) electrons. The molecule has 0 amide bonds. The SMILES string of the molecule is CCCC[C@H](CC)C[C@@H](CC)COCCN(CCCC)CCCC. The Balaban J connectivity index is 4.00. The molecule has 2 heteroatoms. The number of nitrogens with zero attached hydrogens (tertiary/aromatic N) is 1. The van der Waals surface area contributed by atoms with Crippen molar-refractivity contribution < 1.29 is 4.74 Å². The monoisotopic (exact) mass is 341 g/mol. The molecule has 0 aliphatic carbocycles. The topological polar surface area (TPSA) is 12.5 Å². The molecule has 0 aromatic carbocycles. The molecule has 0 heterocycles. The largest absolute Gasteiger partial charge is 0.380 e. The second kappa shape index (κ2) is 17.7. The normalized spacial score (nSPS) is 14.2. The molecule has 0 saturated heterocycles. The smallest absolute Gasteiger partial charge is 0.0593 e. The van der Waals surface area contributed by atoms with Crippen molar-refractivity contribution in [1.82, 2.24) is 4.90 Å². The molecule has 0 aromatic rings. The fourth-order valence-electron chi connectivity index (χ4n) is 3.35. The zero-order valence-electron chi connectivity index (χ0n) is 17.6. The summed E-state index contributed by atoms with van der Waals surface area (Å²) in [4.78, 5) is 2.60. The van der Waals surface area contributed by atoms with E-state index in [2.05, 4.69) is 39.5 Å². The minimum Gasteiger partial charge on any atom is -0.380 e. The molecule has 0 unspecified atom stereocenters. The summed E-state index contributed by atoms with van der Waals surface area (Å²) < 4.78 is 6.09. The first-order chi connectivity index (χ1) is 11.7. The Hall–Kier alpha value is -0.0800. The Labute approximate surface area is 153 Å². The molecule has 0 fully saturated rings. The highest BCUT2D eigenvalue weighted by molar-refractivity contribution is 4.65. The van der Waals surface area contributed by atoms with Crippen LogP contribution in [0.4, 0.5) is 0 Å². The summed E-state index contributed by atoms with van der Waals surface area (Å²) in [6.45, 7) is 17.0. The summed E-state index contributed by atoms with van der Waals surface area (Å²) in [6.07, 6.45) is 13.3. The predicted molar refractivity (Wildman–Crippen MR) is 109 cm³/mol. The zero-order chi connectivity index (χ0) is 18.0. The van der Waals surface area contributed by atoms with E-state index in [4.69, 9.17) is 4.74 Å². The first-order valence-corrected chi connectivity index (χ1v) is 11.0. The van der Waals surface area contributed by atoms with Gasteiger partial charge in [-0.3, -0.25) is 0 Å². The molecule has 0 aliphatic rings. The molecule has 0 aromatic heterocycles. The summed E-state index contributed by atoms with van der Waals surface area (Å²) in [7, 11) is 0. The molecule has 0 spiro atoms. The molecular formula is C22H47NO. The molecular weight excluding hydrogens is 294 g/mol. The van der Waals surface area contributed by atoms with E-state index in [1.807, 2.05) is 0 Å². The summed E-state index contributed by atoms with van der Waals surface area (Å²) in [5.74, 6) is 1.66. The van der Waals surface area contributed by atoms with E-state index in [-0.39, 0.29) is 0 Å². The summed E-state index contributed by atoms with van der Waals surface area (Å²) >= 11 is 0. The number of hydrogen-bond acceptors (Lipinski definition) is 2. The molecule has 0 aliphatic heterocycles. The molecule has 2 nitrogen and oxygen atoms in total. The van der Waals surface area contributed by atoms with Gasteiger partial charge in [-0.15, -0.1) is 0 Å². The highest BCUT2D eigenvalue weighted by Gasteiger charge is 2.14. The van der Waals surface area contributed by atoms with Gasteiger partial charge in [-0.1, -0.05) is 79.6 Å². The van der Waals surface area contributed by atoms with Gasteiger partial charge < -0.3 is 9.64 Å². The van der Waals surface area contributed by atoms with Gasteiger partial charge in [0.05, 0.1) is 6.61 Å². The van der Waals surface area contributed by atoms with Crippen LogP contribution < -0.4 is 0 Å². The standard InChI is InChI=1S/C22H47NO/c1-6-11-14-21(9-4)19-22(10-5)20-24-18-17-23(15-12-7-2)16-13-8-3/h21-22H,6-20H2,1-5H3/t21-,22+/m0/s1. The Morgan fingerprint density at radius 1 is 0.708 bits per heavy atom. The van der Waals surface area contributed by atoms with Crippen LogP contribution in [0, 0.1) is 11.8 Å². The van der Waals surface area contributed by atoms with Gasteiger partial charge in [0.1, 0.15) is 0 Å². The van der Waals surface area contributed by atoms with Crippen molar-refractivity contribution in [3.8, 4) is 0 Å². The fraction of sp³-hybridized carbons (Fsp3) is 1.00. The highest BCUT2D eigenvalue weighted by Crippen LogP contribution is 2.23. The molecule has 0 bridgehead atoms. The number of unbranched alkanes of at least 4 members (excludes halogenated alkanes) is 3. The van der Waals surface area contributed by atoms with E-state index in [0.29, 0.717) is 0 Å². The molecule has 146 valence electrons. The van der Waals surface area contributed by atoms with Crippen LogP contribution in [0.1, 0.15) is 98.8 Å². The van der Waals surface area contributed by atoms with Crippen molar-refractivity contribution >= 4 is 0 Å².